The Kier molecular flexibility index (Phi) is 7.55. The van der Waals surface area contributed by atoms with Gasteiger partial charge in [0, 0.05) is 11.8 Å². The number of nitrogens with one attached hydrogen (secondary N) is 1. The highest BCUT2D eigenvalue weighted by atomic mass is 16.5. The van der Waals surface area contributed by atoms with Gasteiger partial charge in [-0.25, -0.2) is 0 Å². The number of rotatable bonds is 9. The zero-order valence-corrected chi connectivity index (χ0v) is 12.6. The highest BCUT2D eigenvalue weighted by molar-refractivity contribution is 5.75. The van der Waals surface area contributed by atoms with E-state index in [0.29, 0.717) is 6.61 Å². The second-order valence-corrected chi connectivity index (χ2v) is 4.79. The van der Waals surface area contributed by atoms with E-state index in [9.17, 15) is 4.79 Å². The van der Waals surface area contributed by atoms with Crippen molar-refractivity contribution in [1.29, 1.82) is 0 Å². The zero-order chi connectivity index (χ0) is 14.8. The highest BCUT2D eigenvalue weighted by Crippen LogP contribution is 2.19. The van der Waals surface area contributed by atoms with Crippen LogP contribution in [-0.4, -0.2) is 25.2 Å². The van der Waals surface area contributed by atoms with Gasteiger partial charge >= 0.3 is 5.97 Å². The van der Waals surface area contributed by atoms with Gasteiger partial charge in [0.1, 0.15) is 12.3 Å². The Morgan fingerprint density at radius 3 is 2.85 bits per heavy atom. The second-order valence-electron chi connectivity index (χ2n) is 4.79. The number of anilines is 1. The molecule has 1 atom stereocenters. The van der Waals surface area contributed by atoms with Gasteiger partial charge in [-0.1, -0.05) is 26.3 Å². The number of carbonyl (C=O) groups excluding carboxylic acids is 1. The third-order valence-electron chi connectivity index (χ3n) is 2.94. The maximum Gasteiger partial charge on any atom is 0.325 e. The summed E-state index contributed by atoms with van der Waals surface area (Å²) in [4.78, 5) is 11.5. The van der Waals surface area contributed by atoms with Gasteiger partial charge in [0.25, 0.3) is 0 Å². The standard InChI is InChI=1S/C16H25NO3/c1-4-6-10-19-16(18)12-17-14-8-7-9-15(11-14)20-13(3)5-2/h7-9,11,13,17H,4-6,10,12H2,1-3H3. The van der Waals surface area contributed by atoms with Crippen LogP contribution in [0.4, 0.5) is 5.69 Å². The molecule has 1 rings (SSSR count). The molecular formula is C16H25NO3. The lowest BCUT2D eigenvalue weighted by Crippen LogP contribution is -2.17. The molecule has 1 aromatic carbocycles. The predicted octanol–water partition coefficient (Wildman–Crippen LogP) is 3.62. The summed E-state index contributed by atoms with van der Waals surface area (Å²) in [5.41, 5.74) is 0.859. The van der Waals surface area contributed by atoms with Gasteiger partial charge in [-0.2, -0.15) is 0 Å². The van der Waals surface area contributed by atoms with Crippen molar-refractivity contribution in [3.8, 4) is 5.75 Å². The minimum atomic E-state index is -0.230. The molecule has 0 aromatic heterocycles. The van der Waals surface area contributed by atoms with Crippen LogP contribution in [0.5, 0.6) is 5.75 Å². The summed E-state index contributed by atoms with van der Waals surface area (Å²) in [6, 6.07) is 7.62. The Labute approximate surface area is 121 Å². The van der Waals surface area contributed by atoms with Crippen LogP contribution in [0.15, 0.2) is 24.3 Å². The maximum atomic E-state index is 11.5. The van der Waals surface area contributed by atoms with Crippen LogP contribution in [0.1, 0.15) is 40.0 Å². The van der Waals surface area contributed by atoms with E-state index in [1.165, 1.54) is 0 Å². The molecule has 0 fully saturated rings. The van der Waals surface area contributed by atoms with Crippen molar-refractivity contribution in [1.82, 2.24) is 0 Å². The van der Waals surface area contributed by atoms with E-state index in [-0.39, 0.29) is 18.6 Å². The molecule has 0 aliphatic heterocycles. The lowest BCUT2D eigenvalue weighted by atomic mass is 10.2. The monoisotopic (exact) mass is 279 g/mol. The average molecular weight is 279 g/mol. The number of esters is 1. The van der Waals surface area contributed by atoms with Gasteiger partial charge in [0.15, 0.2) is 0 Å². The van der Waals surface area contributed by atoms with Crippen molar-refractivity contribution in [2.75, 3.05) is 18.5 Å². The molecule has 112 valence electrons. The first kappa shape index (κ1) is 16.3. The molecule has 0 bridgehead atoms. The van der Waals surface area contributed by atoms with Crippen LogP contribution in [0.25, 0.3) is 0 Å². The lowest BCUT2D eigenvalue weighted by Gasteiger charge is -2.14. The molecule has 1 N–H and O–H groups in total. The summed E-state index contributed by atoms with van der Waals surface area (Å²) in [6.45, 7) is 6.85. The molecule has 0 saturated carbocycles. The van der Waals surface area contributed by atoms with Gasteiger partial charge in [0.2, 0.25) is 0 Å². The molecule has 4 nitrogen and oxygen atoms in total. The average Bonchev–Trinajstić information content (AvgIpc) is 2.45. The van der Waals surface area contributed by atoms with E-state index in [1.54, 1.807) is 0 Å². The largest absolute Gasteiger partial charge is 0.491 e. The highest BCUT2D eigenvalue weighted by Gasteiger charge is 2.04. The smallest absolute Gasteiger partial charge is 0.325 e. The maximum absolute atomic E-state index is 11.5. The van der Waals surface area contributed by atoms with Crippen LogP contribution >= 0.6 is 0 Å². The van der Waals surface area contributed by atoms with E-state index >= 15 is 0 Å². The summed E-state index contributed by atoms with van der Waals surface area (Å²) < 4.78 is 10.8. The van der Waals surface area contributed by atoms with Crippen molar-refractivity contribution in [3.63, 3.8) is 0 Å². The number of hydrogen-bond acceptors (Lipinski definition) is 4. The quantitative estimate of drug-likeness (QED) is 0.554. The molecule has 0 spiro atoms. The molecule has 0 amide bonds. The van der Waals surface area contributed by atoms with Crippen molar-refractivity contribution in [2.45, 2.75) is 46.1 Å². The molecular weight excluding hydrogens is 254 g/mol. The summed E-state index contributed by atoms with van der Waals surface area (Å²) in [5, 5.41) is 3.05. The van der Waals surface area contributed by atoms with Gasteiger partial charge in [-0.3, -0.25) is 4.79 Å². The minimum absolute atomic E-state index is 0.177. The van der Waals surface area contributed by atoms with Crippen LogP contribution in [-0.2, 0) is 9.53 Å². The normalized spacial score (nSPS) is 11.8. The Balaban J connectivity index is 2.40. The van der Waals surface area contributed by atoms with Crippen LogP contribution in [0.3, 0.4) is 0 Å². The first-order valence-electron chi connectivity index (χ1n) is 7.32. The Morgan fingerprint density at radius 1 is 1.35 bits per heavy atom. The van der Waals surface area contributed by atoms with E-state index in [4.69, 9.17) is 9.47 Å². The van der Waals surface area contributed by atoms with Crippen molar-refractivity contribution < 1.29 is 14.3 Å². The lowest BCUT2D eigenvalue weighted by molar-refractivity contribution is -0.141. The SMILES string of the molecule is CCCCOC(=O)CNc1cccc(OC(C)CC)c1. The number of unbranched alkanes of at least 4 members (excludes halogenated alkanes) is 1. The molecule has 0 radical (unpaired) electrons. The molecule has 0 heterocycles. The van der Waals surface area contributed by atoms with Gasteiger partial charge in [-0.05, 0) is 31.9 Å². The number of ether oxygens (including phenoxy) is 2. The molecule has 0 aliphatic rings. The first-order valence-corrected chi connectivity index (χ1v) is 7.32. The summed E-state index contributed by atoms with van der Waals surface area (Å²) >= 11 is 0. The Hall–Kier alpha value is -1.71. The number of benzene rings is 1. The Bertz CT molecular complexity index is 406. The molecule has 20 heavy (non-hydrogen) atoms. The predicted molar refractivity (Wildman–Crippen MR) is 81.2 cm³/mol. The van der Waals surface area contributed by atoms with Crippen molar-refractivity contribution in [3.05, 3.63) is 24.3 Å². The van der Waals surface area contributed by atoms with E-state index in [1.807, 2.05) is 31.2 Å². The van der Waals surface area contributed by atoms with E-state index in [2.05, 4.69) is 19.2 Å². The van der Waals surface area contributed by atoms with E-state index in [0.717, 1.165) is 30.7 Å². The molecule has 1 unspecified atom stereocenters. The molecule has 0 saturated heterocycles. The van der Waals surface area contributed by atoms with Crippen LogP contribution in [0, 0.1) is 0 Å². The summed E-state index contributed by atoms with van der Waals surface area (Å²) in [7, 11) is 0. The van der Waals surface area contributed by atoms with Gasteiger partial charge in [0.05, 0.1) is 12.7 Å². The summed E-state index contributed by atoms with van der Waals surface area (Å²) in [6.07, 6.45) is 3.07. The third-order valence-corrected chi connectivity index (χ3v) is 2.94. The van der Waals surface area contributed by atoms with Crippen LogP contribution < -0.4 is 10.1 Å². The fraction of sp³-hybridized carbons (Fsp3) is 0.562. The van der Waals surface area contributed by atoms with Crippen molar-refractivity contribution >= 4 is 11.7 Å². The zero-order valence-electron chi connectivity index (χ0n) is 12.6. The number of carbonyl (C=O) groups is 1. The van der Waals surface area contributed by atoms with Crippen LogP contribution in [0.2, 0.25) is 0 Å². The third kappa shape index (κ3) is 6.45. The molecule has 4 heteroatoms. The fourth-order valence-electron chi connectivity index (χ4n) is 1.55. The molecule has 0 aliphatic carbocycles. The van der Waals surface area contributed by atoms with Crippen molar-refractivity contribution in [2.24, 2.45) is 0 Å². The topological polar surface area (TPSA) is 47.6 Å². The first-order chi connectivity index (χ1) is 9.65. The van der Waals surface area contributed by atoms with E-state index < -0.39 is 0 Å². The van der Waals surface area contributed by atoms with Gasteiger partial charge in [-0.15, -0.1) is 0 Å². The summed E-state index contributed by atoms with van der Waals surface area (Å²) in [5.74, 6) is 0.579. The van der Waals surface area contributed by atoms with Gasteiger partial charge < -0.3 is 14.8 Å². The number of hydrogen-bond donors (Lipinski definition) is 1. The second kappa shape index (κ2) is 9.23. The molecule has 1 aromatic rings. The fourth-order valence-corrected chi connectivity index (χ4v) is 1.55. The minimum Gasteiger partial charge on any atom is -0.491 e. The Morgan fingerprint density at radius 2 is 2.15 bits per heavy atom.